The Morgan fingerprint density at radius 1 is 1.22 bits per heavy atom. The van der Waals surface area contributed by atoms with Crippen molar-refractivity contribution in [2.24, 2.45) is 5.92 Å². The zero-order valence-corrected chi connectivity index (χ0v) is 10.0. The SMILES string of the molecule is O=C1CC(C2CCOCC2)Oc2ccc(F)cc21. The molecule has 0 bridgehead atoms. The predicted octanol–water partition coefficient (Wildman–Crippen LogP) is 2.59. The van der Waals surface area contributed by atoms with Gasteiger partial charge >= 0.3 is 0 Å². The molecule has 2 aliphatic heterocycles. The normalized spacial score (nSPS) is 24.5. The van der Waals surface area contributed by atoms with Crippen LogP contribution in [0.4, 0.5) is 4.39 Å². The maximum atomic E-state index is 13.1. The zero-order chi connectivity index (χ0) is 12.5. The van der Waals surface area contributed by atoms with Crippen molar-refractivity contribution in [3.05, 3.63) is 29.6 Å². The second-order valence-corrected chi connectivity index (χ2v) is 4.87. The number of Topliss-reactive ketones (excluding diaryl/α,β-unsaturated/α-hetero) is 1. The number of carbonyl (C=O) groups is 1. The molecule has 1 aromatic rings. The molecule has 0 spiro atoms. The maximum absolute atomic E-state index is 13.1. The molecule has 0 radical (unpaired) electrons. The third-order valence-corrected chi connectivity index (χ3v) is 3.70. The molecule has 0 aromatic heterocycles. The molecule has 0 N–H and O–H groups in total. The molecule has 1 atom stereocenters. The van der Waals surface area contributed by atoms with Gasteiger partial charge in [0, 0.05) is 25.6 Å². The molecule has 0 amide bonds. The molecule has 1 saturated heterocycles. The lowest BCUT2D eigenvalue weighted by Gasteiger charge is -2.33. The lowest BCUT2D eigenvalue weighted by Crippen LogP contribution is -2.36. The van der Waals surface area contributed by atoms with E-state index < -0.39 is 5.82 Å². The van der Waals surface area contributed by atoms with Gasteiger partial charge in [0.15, 0.2) is 5.78 Å². The zero-order valence-electron chi connectivity index (χ0n) is 10.0. The van der Waals surface area contributed by atoms with Crippen LogP contribution < -0.4 is 4.74 Å². The number of ether oxygens (including phenoxy) is 2. The van der Waals surface area contributed by atoms with Gasteiger partial charge in [-0.1, -0.05) is 0 Å². The first-order chi connectivity index (χ1) is 8.74. The van der Waals surface area contributed by atoms with Crippen molar-refractivity contribution in [3.8, 4) is 5.75 Å². The highest BCUT2D eigenvalue weighted by atomic mass is 19.1. The average Bonchev–Trinajstić information content (AvgIpc) is 2.40. The van der Waals surface area contributed by atoms with Crippen molar-refractivity contribution in [2.75, 3.05) is 13.2 Å². The maximum Gasteiger partial charge on any atom is 0.170 e. The molecule has 0 saturated carbocycles. The van der Waals surface area contributed by atoms with Crippen LogP contribution in [0.5, 0.6) is 5.75 Å². The summed E-state index contributed by atoms with van der Waals surface area (Å²) in [5, 5.41) is 0. The fourth-order valence-corrected chi connectivity index (χ4v) is 2.67. The minimum Gasteiger partial charge on any atom is -0.489 e. The molecule has 1 unspecified atom stereocenters. The summed E-state index contributed by atoms with van der Waals surface area (Å²) < 4.78 is 24.3. The van der Waals surface area contributed by atoms with Crippen molar-refractivity contribution >= 4 is 5.78 Å². The molecule has 18 heavy (non-hydrogen) atoms. The van der Waals surface area contributed by atoms with Gasteiger partial charge in [0.2, 0.25) is 0 Å². The third-order valence-electron chi connectivity index (χ3n) is 3.70. The summed E-state index contributed by atoms with van der Waals surface area (Å²) in [6, 6.07) is 4.14. The third kappa shape index (κ3) is 2.12. The minimum atomic E-state index is -0.393. The Labute approximate surface area is 105 Å². The van der Waals surface area contributed by atoms with E-state index in [-0.39, 0.29) is 11.9 Å². The summed E-state index contributed by atoms with van der Waals surface area (Å²) in [6.45, 7) is 1.46. The predicted molar refractivity (Wildman–Crippen MR) is 63.3 cm³/mol. The number of rotatable bonds is 1. The Bertz CT molecular complexity index is 466. The van der Waals surface area contributed by atoms with E-state index in [4.69, 9.17) is 9.47 Å². The smallest absolute Gasteiger partial charge is 0.170 e. The van der Waals surface area contributed by atoms with Crippen LogP contribution >= 0.6 is 0 Å². The van der Waals surface area contributed by atoms with E-state index in [0.717, 1.165) is 26.1 Å². The Balaban J connectivity index is 1.82. The summed E-state index contributed by atoms with van der Waals surface area (Å²) in [6.07, 6.45) is 2.11. The number of carbonyl (C=O) groups excluding carboxylic acids is 1. The molecular weight excluding hydrogens is 235 g/mol. The van der Waals surface area contributed by atoms with Crippen LogP contribution in [0.25, 0.3) is 0 Å². The standard InChI is InChI=1S/C14H15FO3/c15-10-1-2-13-11(7-10)12(16)8-14(18-13)9-3-5-17-6-4-9/h1-2,7,9,14H,3-6,8H2. The monoisotopic (exact) mass is 250 g/mol. The van der Waals surface area contributed by atoms with E-state index in [1.54, 1.807) is 6.07 Å². The van der Waals surface area contributed by atoms with Crippen LogP contribution in [0.3, 0.4) is 0 Å². The largest absolute Gasteiger partial charge is 0.489 e. The summed E-state index contributed by atoms with van der Waals surface area (Å²) in [7, 11) is 0. The first-order valence-electron chi connectivity index (χ1n) is 6.31. The average molecular weight is 250 g/mol. The molecule has 3 rings (SSSR count). The van der Waals surface area contributed by atoms with Gasteiger partial charge in [-0.2, -0.15) is 0 Å². The van der Waals surface area contributed by atoms with E-state index in [2.05, 4.69) is 0 Å². The van der Waals surface area contributed by atoms with Gasteiger partial charge in [-0.3, -0.25) is 4.79 Å². The van der Waals surface area contributed by atoms with Crippen LogP contribution in [-0.2, 0) is 4.74 Å². The fourth-order valence-electron chi connectivity index (χ4n) is 2.67. The molecule has 96 valence electrons. The van der Waals surface area contributed by atoms with Gasteiger partial charge in [-0.05, 0) is 31.0 Å². The first kappa shape index (κ1) is 11.7. The molecule has 4 heteroatoms. The molecular formula is C14H15FO3. The first-order valence-corrected chi connectivity index (χ1v) is 6.31. The number of halogens is 1. The Hall–Kier alpha value is -1.42. The number of fused-ring (bicyclic) bond motifs is 1. The van der Waals surface area contributed by atoms with Crippen LogP contribution in [0, 0.1) is 11.7 Å². The highest BCUT2D eigenvalue weighted by molar-refractivity contribution is 5.99. The Morgan fingerprint density at radius 2 is 2.00 bits per heavy atom. The number of benzene rings is 1. The second kappa shape index (κ2) is 4.69. The highest BCUT2D eigenvalue weighted by Crippen LogP contribution is 2.33. The van der Waals surface area contributed by atoms with Crippen molar-refractivity contribution < 1.29 is 18.7 Å². The van der Waals surface area contributed by atoms with Gasteiger partial charge in [0.25, 0.3) is 0 Å². The van der Waals surface area contributed by atoms with Gasteiger partial charge in [0.05, 0.1) is 5.56 Å². The highest BCUT2D eigenvalue weighted by Gasteiger charge is 2.33. The van der Waals surface area contributed by atoms with E-state index in [1.807, 2.05) is 0 Å². The van der Waals surface area contributed by atoms with Crippen molar-refractivity contribution in [2.45, 2.75) is 25.4 Å². The summed E-state index contributed by atoms with van der Waals surface area (Å²) >= 11 is 0. The molecule has 1 fully saturated rings. The van der Waals surface area contributed by atoms with E-state index in [1.165, 1.54) is 12.1 Å². The van der Waals surface area contributed by atoms with Gasteiger partial charge in [0.1, 0.15) is 17.7 Å². The Morgan fingerprint density at radius 3 is 2.78 bits per heavy atom. The van der Waals surface area contributed by atoms with Gasteiger partial charge < -0.3 is 9.47 Å². The van der Waals surface area contributed by atoms with Crippen LogP contribution in [0.2, 0.25) is 0 Å². The summed E-state index contributed by atoms with van der Waals surface area (Å²) in [5.41, 5.74) is 0.373. The Kier molecular flexibility index (Phi) is 3.04. The van der Waals surface area contributed by atoms with Crippen LogP contribution in [0.1, 0.15) is 29.6 Å². The van der Waals surface area contributed by atoms with E-state index >= 15 is 0 Å². The molecule has 2 heterocycles. The molecule has 3 nitrogen and oxygen atoms in total. The number of hydrogen-bond acceptors (Lipinski definition) is 3. The topological polar surface area (TPSA) is 35.5 Å². The van der Waals surface area contributed by atoms with E-state index in [9.17, 15) is 9.18 Å². The molecule has 0 aliphatic carbocycles. The van der Waals surface area contributed by atoms with Crippen molar-refractivity contribution in [1.29, 1.82) is 0 Å². The lowest BCUT2D eigenvalue weighted by atomic mass is 9.87. The number of hydrogen-bond donors (Lipinski definition) is 0. The second-order valence-electron chi connectivity index (χ2n) is 4.87. The summed E-state index contributed by atoms with van der Waals surface area (Å²) in [5.74, 6) is 0.465. The fraction of sp³-hybridized carbons (Fsp3) is 0.500. The lowest BCUT2D eigenvalue weighted by molar-refractivity contribution is 0.0119. The van der Waals surface area contributed by atoms with Crippen molar-refractivity contribution in [1.82, 2.24) is 0 Å². The van der Waals surface area contributed by atoms with Crippen LogP contribution in [-0.4, -0.2) is 25.1 Å². The van der Waals surface area contributed by atoms with E-state index in [0.29, 0.717) is 23.7 Å². The minimum absolute atomic E-state index is 0.0211. The molecule has 1 aromatic carbocycles. The van der Waals surface area contributed by atoms with Gasteiger partial charge in [-0.15, -0.1) is 0 Å². The molecule has 2 aliphatic rings. The number of ketones is 1. The van der Waals surface area contributed by atoms with Gasteiger partial charge in [-0.25, -0.2) is 4.39 Å². The van der Waals surface area contributed by atoms with Crippen molar-refractivity contribution in [3.63, 3.8) is 0 Å². The quantitative estimate of drug-likeness (QED) is 0.768. The van der Waals surface area contributed by atoms with Crippen LogP contribution in [0.15, 0.2) is 18.2 Å². The summed E-state index contributed by atoms with van der Waals surface area (Å²) in [4.78, 5) is 12.0.